The number of ether oxygens (including phenoxy) is 1. The summed E-state index contributed by atoms with van der Waals surface area (Å²) in [5.41, 5.74) is 1.32. The van der Waals surface area contributed by atoms with E-state index >= 15 is 0 Å². The zero-order chi connectivity index (χ0) is 11.7. The van der Waals surface area contributed by atoms with Gasteiger partial charge in [0.2, 0.25) is 0 Å². The van der Waals surface area contributed by atoms with Gasteiger partial charge in [-0.15, -0.1) is 0 Å². The molecule has 1 aromatic rings. The highest BCUT2D eigenvalue weighted by Crippen LogP contribution is 2.35. The summed E-state index contributed by atoms with van der Waals surface area (Å²) in [4.78, 5) is 4.26. The van der Waals surface area contributed by atoms with Crippen LogP contribution >= 0.6 is 0 Å². The Morgan fingerprint density at radius 2 is 2.35 bits per heavy atom. The number of rotatable bonds is 4. The molecule has 0 aliphatic carbocycles. The molecule has 3 heterocycles. The van der Waals surface area contributed by atoms with Crippen LogP contribution in [0.1, 0.15) is 31.7 Å². The smallest absolute Gasteiger partial charge is 0.137 e. The molecule has 0 spiro atoms. The molecule has 0 radical (unpaired) electrons. The van der Waals surface area contributed by atoms with Crippen LogP contribution in [0.5, 0.6) is 5.75 Å². The Balaban J connectivity index is 1.66. The highest BCUT2D eigenvalue weighted by molar-refractivity contribution is 5.24. The summed E-state index contributed by atoms with van der Waals surface area (Å²) in [6.45, 7) is 2.72. The molecule has 3 atom stereocenters. The maximum absolute atomic E-state index is 5.49. The van der Waals surface area contributed by atoms with Crippen molar-refractivity contribution in [2.24, 2.45) is 5.92 Å². The lowest BCUT2D eigenvalue weighted by molar-refractivity contribution is 0.337. The van der Waals surface area contributed by atoms with E-state index in [4.69, 9.17) is 4.74 Å². The lowest BCUT2D eigenvalue weighted by atomic mass is 9.85. The highest BCUT2D eigenvalue weighted by Gasteiger charge is 2.38. The number of aromatic nitrogens is 1. The van der Waals surface area contributed by atoms with Crippen LogP contribution in [0.2, 0.25) is 0 Å². The van der Waals surface area contributed by atoms with Gasteiger partial charge in [0.05, 0.1) is 12.8 Å². The summed E-state index contributed by atoms with van der Waals surface area (Å²) in [7, 11) is 0. The molecule has 3 unspecified atom stereocenters. The second kappa shape index (κ2) is 4.65. The van der Waals surface area contributed by atoms with Crippen LogP contribution in [-0.2, 0) is 6.42 Å². The molecule has 1 N–H and O–H groups in total. The van der Waals surface area contributed by atoms with E-state index < -0.39 is 0 Å². The molecular weight excluding hydrogens is 212 g/mol. The predicted molar refractivity (Wildman–Crippen MR) is 67.2 cm³/mol. The van der Waals surface area contributed by atoms with E-state index in [0.29, 0.717) is 6.61 Å². The van der Waals surface area contributed by atoms with Gasteiger partial charge in [0, 0.05) is 18.3 Å². The van der Waals surface area contributed by atoms with Gasteiger partial charge in [-0.2, -0.15) is 0 Å². The van der Waals surface area contributed by atoms with Gasteiger partial charge in [0.1, 0.15) is 5.75 Å². The maximum atomic E-state index is 5.49. The average Bonchev–Trinajstić information content (AvgIpc) is 2.92. The monoisotopic (exact) mass is 232 g/mol. The van der Waals surface area contributed by atoms with Crippen LogP contribution in [0.15, 0.2) is 18.5 Å². The molecule has 2 bridgehead atoms. The van der Waals surface area contributed by atoms with E-state index in [2.05, 4.69) is 16.4 Å². The number of nitrogens with one attached hydrogen (secondary N) is 1. The Hall–Kier alpha value is -1.09. The van der Waals surface area contributed by atoms with Crippen molar-refractivity contribution in [3.05, 3.63) is 24.0 Å². The molecule has 2 saturated heterocycles. The molecule has 3 nitrogen and oxygen atoms in total. The summed E-state index contributed by atoms with van der Waals surface area (Å²) in [5, 5.41) is 3.69. The van der Waals surface area contributed by atoms with E-state index in [1.165, 1.54) is 24.8 Å². The fourth-order valence-electron chi connectivity index (χ4n) is 3.29. The fourth-order valence-corrected chi connectivity index (χ4v) is 3.29. The van der Waals surface area contributed by atoms with Crippen LogP contribution in [0, 0.1) is 5.92 Å². The number of hydrogen-bond donors (Lipinski definition) is 1. The normalized spacial score (nSPS) is 30.8. The van der Waals surface area contributed by atoms with Crippen LogP contribution in [0.3, 0.4) is 0 Å². The summed E-state index contributed by atoms with van der Waals surface area (Å²) in [5.74, 6) is 1.70. The molecule has 0 amide bonds. The molecule has 0 aromatic carbocycles. The first-order valence-electron chi connectivity index (χ1n) is 6.68. The number of fused-ring (bicyclic) bond motifs is 2. The lowest BCUT2D eigenvalue weighted by Crippen LogP contribution is -2.24. The molecular formula is C14H20N2O. The molecule has 92 valence electrons. The van der Waals surface area contributed by atoms with Gasteiger partial charge in [-0.05, 0) is 50.2 Å². The lowest BCUT2D eigenvalue weighted by Gasteiger charge is -2.20. The third-order valence-electron chi connectivity index (χ3n) is 4.01. The predicted octanol–water partition coefficient (Wildman–Crippen LogP) is 2.16. The summed E-state index contributed by atoms with van der Waals surface area (Å²) < 4.78 is 5.49. The minimum atomic E-state index is 0.709. The second-order valence-electron chi connectivity index (χ2n) is 5.21. The fraction of sp³-hybridized carbons (Fsp3) is 0.643. The molecule has 0 saturated carbocycles. The van der Waals surface area contributed by atoms with Crippen molar-refractivity contribution in [1.29, 1.82) is 0 Å². The van der Waals surface area contributed by atoms with Gasteiger partial charge in [0.25, 0.3) is 0 Å². The zero-order valence-corrected chi connectivity index (χ0v) is 10.4. The van der Waals surface area contributed by atoms with Gasteiger partial charge < -0.3 is 10.1 Å². The molecule has 3 heteroatoms. The van der Waals surface area contributed by atoms with Gasteiger partial charge in [0.15, 0.2) is 0 Å². The van der Waals surface area contributed by atoms with Crippen molar-refractivity contribution in [2.75, 3.05) is 6.61 Å². The number of nitrogens with zero attached hydrogens (tertiary/aromatic N) is 1. The molecule has 3 rings (SSSR count). The SMILES string of the molecule is CCOc1cncc(CC2CC3CCC2N3)c1. The topological polar surface area (TPSA) is 34.1 Å². The van der Waals surface area contributed by atoms with Crippen LogP contribution in [0.25, 0.3) is 0 Å². The van der Waals surface area contributed by atoms with Crippen LogP contribution < -0.4 is 10.1 Å². The highest BCUT2D eigenvalue weighted by atomic mass is 16.5. The van der Waals surface area contributed by atoms with Gasteiger partial charge in [-0.3, -0.25) is 4.98 Å². The third kappa shape index (κ3) is 2.29. The zero-order valence-electron chi connectivity index (χ0n) is 10.4. The van der Waals surface area contributed by atoms with Crippen molar-refractivity contribution in [1.82, 2.24) is 10.3 Å². The van der Waals surface area contributed by atoms with Crippen LogP contribution in [0.4, 0.5) is 0 Å². The van der Waals surface area contributed by atoms with E-state index in [0.717, 1.165) is 30.2 Å². The molecule has 2 fully saturated rings. The molecule has 2 aliphatic rings. The second-order valence-corrected chi connectivity index (χ2v) is 5.21. The van der Waals surface area contributed by atoms with E-state index in [-0.39, 0.29) is 0 Å². The number of hydrogen-bond acceptors (Lipinski definition) is 3. The molecule has 1 aromatic heterocycles. The van der Waals surface area contributed by atoms with Crippen molar-refractivity contribution in [2.45, 2.75) is 44.7 Å². The summed E-state index contributed by atoms with van der Waals surface area (Å²) in [6, 6.07) is 3.67. The first-order chi connectivity index (χ1) is 8.35. The van der Waals surface area contributed by atoms with Gasteiger partial charge >= 0.3 is 0 Å². The minimum absolute atomic E-state index is 0.709. The Labute approximate surface area is 103 Å². The average molecular weight is 232 g/mol. The minimum Gasteiger partial charge on any atom is -0.492 e. The summed E-state index contributed by atoms with van der Waals surface area (Å²) >= 11 is 0. The Bertz CT molecular complexity index is 394. The Morgan fingerprint density at radius 1 is 1.41 bits per heavy atom. The first kappa shape index (κ1) is 11.0. The van der Waals surface area contributed by atoms with Gasteiger partial charge in [-0.25, -0.2) is 0 Å². The van der Waals surface area contributed by atoms with E-state index in [9.17, 15) is 0 Å². The largest absolute Gasteiger partial charge is 0.492 e. The Morgan fingerprint density at radius 3 is 3.06 bits per heavy atom. The summed E-state index contributed by atoms with van der Waals surface area (Å²) in [6.07, 6.45) is 8.98. The maximum Gasteiger partial charge on any atom is 0.137 e. The van der Waals surface area contributed by atoms with Crippen molar-refractivity contribution in [3.8, 4) is 5.75 Å². The first-order valence-corrected chi connectivity index (χ1v) is 6.68. The Kier molecular flexibility index (Phi) is 3.02. The standard InChI is InChI=1S/C14H20N2O/c1-2-17-13-6-10(8-15-9-13)5-11-7-12-3-4-14(11)16-12/h6,8-9,11-12,14,16H,2-5,7H2,1H3. The van der Waals surface area contributed by atoms with Crippen molar-refractivity contribution >= 4 is 0 Å². The molecule has 2 aliphatic heterocycles. The van der Waals surface area contributed by atoms with Crippen molar-refractivity contribution < 1.29 is 4.74 Å². The molecule has 17 heavy (non-hydrogen) atoms. The van der Waals surface area contributed by atoms with Crippen molar-refractivity contribution in [3.63, 3.8) is 0 Å². The van der Waals surface area contributed by atoms with E-state index in [1.807, 2.05) is 13.1 Å². The van der Waals surface area contributed by atoms with Crippen LogP contribution in [-0.4, -0.2) is 23.7 Å². The third-order valence-corrected chi connectivity index (χ3v) is 4.01. The van der Waals surface area contributed by atoms with E-state index in [1.54, 1.807) is 6.20 Å². The van der Waals surface area contributed by atoms with Gasteiger partial charge in [-0.1, -0.05) is 0 Å². The quantitative estimate of drug-likeness (QED) is 0.864. The number of pyridine rings is 1.